The van der Waals surface area contributed by atoms with E-state index in [1.165, 1.54) is 0 Å². The fraction of sp³-hybridized carbons (Fsp3) is 0.417. The van der Waals surface area contributed by atoms with Crippen molar-refractivity contribution < 1.29 is 14.7 Å². The molecule has 0 saturated carbocycles. The summed E-state index contributed by atoms with van der Waals surface area (Å²) in [7, 11) is 0. The lowest BCUT2D eigenvalue weighted by Gasteiger charge is -2.11. The quantitative estimate of drug-likeness (QED) is 0.796. The van der Waals surface area contributed by atoms with E-state index in [1.807, 2.05) is 19.1 Å². The molecule has 1 amide bonds. The van der Waals surface area contributed by atoms with Gasteiger partial charge in [-0.3, -0.25) is 14.6 Å². The van der Waals surface area contributed by atoms with Crippen molar-refractivity contribution in [1.82, 2.24) is 10.3 Å². The van der Waals surface area contributed by atoms with Gasteiger partial charge in [-0.05, 0) is 25.5 Å². The van der Waals surface area contributed by atoms with Gasteiger partial charge < -0.3 is 10.4 Å². The maximum Gasteiger partial charge on any atom is 0.305 e. The van der Waals surface area contributed by atoms with E-state index in [0.29, 0.717) is 5.69 Å². The van der Waals surface area contributed by atoms with Crippen LogP contribution in [-0.4, -0.2) is 28.0 Å². The second-order valence-electron chi connectivity index (χ2n) is 4.01. The van der Waals surface area contributed by atoms with E-state index < -0.39 is 5.97 Å². The molecule has 1 atom stereocenters. The Labute approximate surface area is 99.9 Å². The van der Waals surface area contributed by atoms with Gasteiger partial charge in [0.15, 0.2) is 0 Å². The molecule has 0 aliphatic carbocycles. The molecule has 5 heteroatoms. The fourth-order valence-corrected chi connectivity index (χ4v) is 1.49. The Balaban J connectivity index is 2.50. The van der Waals surface area contributed by atoms with Crippen LogP contribution in [0, 0.1) is 6.92 Å². The van der Waals surface area contributed by atoms with Crippen LogP contribution in [0.5, 0.6) is 0 Å². The lowest BCUT2D eigenvalue weighted by Crippen LogP contribution is -2.35. The van der Waals surface area contributed by atoms with Crippen LogP contribution in [0.2, 0.25) is 0 Å². The van der Waals surface area contributed by atoms with Gasteiger partial charge in [0.2, 0.25) is 5.91 Å². The first-order valence-corrected chi connectivity index (χ1v) is 5.40. The topological polar surface area (TPSA) is 79.3 Å². The first-order chi connectivity index (χ1) is 7.99. The predicted molar refractivity (Wildman–Crippen MR) is 62.5 cm³/mol. The van der Waals surface area contributed by atoms with Crippen molar-refractivity contribution in [3.63, 3.8) is 0 Å². The monoisotopic (exact) mass is 236 g/mol. The van der Waals surface area contributed by atoms with Crippen LogP contribution < -0.4 is 5.32 Å². The van der Waals surface area contributed by atoms with Crippen LogP contribution in [0.1, 0.15) is 24.6 Å². The van der Waals surface area contributed by atoms with Gasteiger partial charge >= 0.3 is 5.97 Å². The average Bonchev–Trinajstić information content (AvgIpc) is 2.19. The van der Waals surface area contributed by atoms with Crippen LogP contribution in [0.3, 0.4) is 0 Å². The second kappa shape index (κ2) is 5.98. The van der Waals surface area contributed by atoms with E-state index in [0.717, 1.165) is 5.56 Å². The summed E-state index contributed by atoms with van der Waals surface area (Å²) in [6.07, 6.45) is 1.74. The van der Waals surface area contributed by atoms with Gasteiger partial charge in [0, 0.05) is 12.2 Å². The minimum atomic E-state index is -0.924. The number of aromatic nitrogens is 1. The van der Waals surface area contributed by atoms with Crippen molar-refractivity contribution in [3.8, 4) is 0 Å². The van der Waals surface area contributed by atoms with Gasteiger partial charge in [-0.25, -0.2) is 0 Å². The van der Waals surface area contributed by atoms with Crippen LogP contribution >= 0.6 is 0 Å². The summed E-state index contributed by atoms with van der Waals surface area (Å²) in [6.45, 7) is 3.55. The van der Waals surface area contributed by atoms with Crippen molar-refractivity contribution in [3.05, 3.63) is 29.6 Å². The summed E-state index contributed by atoms with van der Waals surface area (Å²) < 4.78 is 0. The SMILES string of the molecule is Cc1cccnc1CC(=O)NC(C)CC(=O)O. The zero-order valence-electron chi connectivity index (χ0n) is 9.93. The van der Waals surface area contributed by atoms with E-state index in [-0.39, 0.29) is 24.8 Å². The highest BCUT2D eigenvalue weighted by Gasteiger charge is 2.12. The number of nitrogens with one attached hydrogen (secondary N) is 1. The molecule has 0 aromatic carbocycles. The number of aliphatic carboxylic acids is 1. The van der Waals surface area contributed by atoms with Crippen molar-refractivity contribution in [1.29, 1.82) is 0 Å². The Morgan fingerprint density at radius 2 is 2.24 bits per heavy atom. The van der Waals surface area contributed by atoms with Gasteiger partial charge in [-0.1, -0.05) is 6.07 Å². The second-order valence-corrected chi connectivity index (χ2v) is 4.01. The average molecular weight is 236 g/mol. The molecule has 1 aromatic rings. The van der Waals surface area contributed by atoms with Crippen molar-refractivity contribution in [2.75, 3.05) is 0 Å². The van der Waals surface area contributed by atoms with Crippen LogP contribution in [0.4, 0.5) is 0 Å². The highest BCUT2D eigenvalue weighted by atomic mass is 16.4. The molecule has 1 heterocycles. The third-order valence-electron chi connectivity index (χ3n) is 2.33. The number of hydrogen-bond acceptors (Lipinski definition) is 3. The summed E-state index contributed by atoms with van der Waals surface area (Å²) >= 11 is 0. The van der Waals surface area contributed by atoms with Gasteiger partial charge in [-0.2, -0.15) is 0 Å². The summed E-state index contributed by atoms with van der Waals surface area (Å²) in [5.74, 6) is -1.13. The molecule has 0 saturated heterocycles. The van der Waals surface area contributed by atoms with Gasteiger partial charge in [0.25, 0.3) is 0 Å². The highest BCUT2D eigenvalue weighted by molar-refractivity contribution is 5.79. The van der Waals surface area contributed by atoms with Crippen LogP contribution in [0.15, 0.2) is 18.3 Å². The molecular formula is C12H16N2O3. The lowest BCUT2D eigenvalue weighted by molar-refractivity contribution is -0.137. The molecule has 1 rings (SSSR count). The maximum absolute atomic E-state index is 11.6. The molecule has 0 bridgehead atoms. The van der Waals surface area contributed by atoms with Crippen LogP contribution in [0.25, 0.3) is 0 Å². The molecule has 1 aromatic heterocycles. The predicted octanol–water partition coefficient (Wildman–Crippen LogP) is 0.912. The standard InChI is InChI=1S/C12H16N2O3/c1-8-4-3-5-13-10(8)7-11(15)14-9(2)6-12(16)17/h3-5,9H,6-7H2,1-2H3,(H,14,15)(H,16,17). The summed E-state index contributed by atoms with van der Waals surface area (Å²) in [5.41, 5.74) is 1.67. The number of hydrogen-bond donors (Lipinski definition) is 2. The number of rotatable bonds is 5. The van der Waals surface area contributed by atoms with E-state index in [9.17, 15) is 9.59 Å². The van der Waals surface area contributed by atoms with Gasteiger partial charge in [0.1, 0.15) is 0 Å². The Bertz CT molecular complexity index is 418. The molecule has 5 nitrogen and oxygen atoms in total. The van der Waals surface area contributed by atoms with Gasteiger partial charge in [-0.15, -0.1) is 0 Å². The Kier molecular flexibility index (Phi) is 4.63. The summed E-state index contributed by atoms with van der Waals surface area (Å²) in [6, 6.07) is 3.32. The molecular weight excluding hydrogens is 220 g/mol. The molecule has 0 radical (unpaired) electrons. The van der Waals surface area contributed by atoms with Crippen molar-refractivity contribution in [2.24, 2.45) is 0 Å². The molecule has 92 valence electrons. The Morgan fingerprint density at radius 3 is 2.82 bits per heavy atom. The first-order valence-electron chi connectivity index (χ1n) is 5.40. The van der Waals surface area contributed by atoms with E-state index in [4.69, 9.17) is 5.11 Å². The van der Waals surface area contributed by atoms with Crippen molar-refractivity contribution >= 4 is 11.9 Å². The number of carbonyl (C=O) groups excluding carboxylic acids is 1. The first kappa shape index (κ1) is 13.2. The van der Waals surface area contributed by atoms with E-state index >= 15 is 0 Å². The molecule has 2 N–H and O–H groups in total. The zero-order chi connectivity index (χ0) is 12.8. The normalized spacial score (nSPS) is 11.9. The molecule has 17 heavy (non-hydrogen) atoms. The molecule has 1 unspecified atom stereocenters. The Hall–Kier alpha value is -1.91. The minimum Gasteiger partial charge on any atom is -0.481 e. The number of amides is 1. The number of carbonyl (C=O) groups is 2. The fourth-order valence-electron chi connectivity index (χ4n) is 1.49. The number of nitrogens with zero attached hydrogens (tertiary/aromatic N) is 1. The third kappa shape index (κ3) is 4.63. The van der Waals surface area contributed by atoms with Crippen molar-refractivity contribution in [2.45, 2.75) is 32.7 Å². The smallest absolute Gasteiger partial charge is 0.305 e. The number of pyridine rings is 1. The highest BCUT2D eigenvalue weighted by Crippen LogP contribution is 2.04. The largest absolute Gasteiger partial charge is 0.481 e. The summed E-state index contributed by atoms with van der Waals surface area (Å²) in [5, 5.41) is 11.2. The van der Waals surface area contributed by atoms with Crippen LogP contribution in [-0.2, 0) is 16.0 Å². The molecule has 0 aliphatic heterocycles. The van der Waals surface area contributed by atoms with Gasteiger partial charge in [0.05, 0.1) is 18.5 Å². The molecule has 0 fully saturated rings. The van der Waals surface area contributed by atoms with E-state index in [1.54, 1.807) is 13.1 Å². The minimum absolute atomic E-state index is 0.0764. The maximum atomic E-state index is 11.6. The van der Waals surface area contributed by atoms with E-state index in [2.05, 4.69) is 10.3 Å². The number of aryl methyl sites for hydroxylation is 1. The lowest BCUT2D eigenvalue weighted by atomic mass is 10.1. The zero-order valence-corrected chi connectivity index (χ0v) is 9.93. The molecule has 0 spiro atoms. The number of carboxylic acids is 1. The molecule has 0 aliphatic rings. The Morgan fingerprint density at radius 1 is 1.53 bits per heavy atom. The summed E-state index contributed by atoms with van der Waals surface area (Å²) in [4.78, 5) is 26.2. The number of carboxylic acid groups (broad SMARTS) is 1. The third-order valence-corrected chi connectivity index (χ3v) is 2.33.